The molecular weight excluding hydrogens is 332 g/mol. The molecule has 5 nitrogen and oxygen atoms in total. The van der Waals surface area contributed by atoms with Crippen molar-refractivity contribution in [2.45, 2.75) is 31.2 Å². The maximum absolute atomic E-state index is 5.46. The van der Waals surface area contributed by atoms with Crippen LogP contribution < -0.4 is 10.6 Å². The van der Waals surface area contributed by atoms with Crippen molar-refractivity contribution in [3.8, 4) is 0 Å². The number of thioether (sulfide) groups is 1. The number of ether oxygens (including phenoxy) is 1. The largest absolute Gasteiger partial charge is 0.379 e. The van der Waals surface area contributed by atoms with Gasteiger partial charge in [0.15, 0.2) is 5.96 Å². The topological polar surface area (TPSA) is 48.9 Å². The number of guanidine groups is 1. The highest BCUT2D eigenvalue weighted by Crippen LogP contribution is 2.17. The molecule has 1 fully saturated rings. The maximum atomic E-state index is 5.46. The first-order chi connectivity index (χ1) is 12.1. The van der Waals surface area contributed by atoms with Crippen LogP contribution in [0.5, 0.6) is 0 Å². The molecule has 140 valence electrons. The van der Waals surface area contributed by atoms with Crippen molar-refractivity contribution < 1.29 is 4.74 Å². The first-order valence-corrected chi connectivity index (χ1v) is 10.1. The van der Waals surface area contributed by atoms with Crippen LogP contribution in [0.3, 0.4) is 0 Å². The Hall–Kier alpha value is -1.24. The van der Waals surface area contributed by atoms with Crippen LogP contribution >= 0.6 is 11.8 Å². The molecule has 6 heteroatoms. The van der Waals surface area contributed by atoms with Gasteiger partial charge >= 0.3 is 0 Å². The normalized spacial score (nSPS) is 16.7. The van der Waals surface area contributed by atoms with Gasteiger partial charge in [0.2, 0.25) is 0 Å². The van der Waals surface area contributed by atoms with E-state index in [2.05, 4.69) is 66.6 Å². The molecule has 0 aromatic heterocycles. The summed E-state index contributed by atoms with van der Waals surface area (Å²) in [6.07, 6.45) is 0. The van der Waals surface area contributed by atoms with Gasteiger partial charge in [-0.05, 0) is 32.9 Å². The molecule has 1 aliphatic rings. The summed E-state index contributed by atoms with van der Waals surface area (Å²) in [6.45, 7) is 12.8. The van der Waals surface area contributed by atoms with Gasteiger partial charge in [-0.3, -0.25) is 9.89 Å². The van der Waals surface area contributed by atoms with E-state index in [0.29, 0.717) is 0 Å². The van der Waals surface area contributed by atoms with Crippen LogP contribution in [0.15, 0.2) is 40.2 Å². The molecule has 1 aromatic carbocycles. The van der Waals surface area contributed by atoms with E-state index in [4.69, 9.17) is 9.73 Å². The number of nitrogens with zero attached hydrogens (tertiary/aromatic N) is 2. The highest BCUT2D eigenvalue weighted by Gasteiger charge is 2.27. The van der Waals surface area contributed by atoms with Gasteiger partial charge < -0.3 is 15.4 Å². The van der Waals surface area contributed by atoms with Gasteiger partial charge in [-0.1, -0.05) is 18.2 Å². The van der Waals surface area contributed by atoms with Gasteiger partial charge in [0.05, 0.1) is 19.8 Å². The number of rotatable bonds is 8. The third kappa shape index (κ3) is 7.26. The van der Waals surface area contributed by atoms with Crippen molar-refractivity contribution >= 4 is 17.7 Å². The van der Waals surface area contributed by atoms with Crippen LogP contribution in [0.25, 0.3) is 0 Å². The summed E-state index contributed by atoms with van der Waals surface area (Å²) < 4.78 is 5.46. The van der Waals surface area contributed by atoms with E-state index in [1.807, 2.05) is 11.8 Å². The van der Waals surface area contributed by atoms with E-state index >= 15 is 0 Å². The predicted octanol–water partition coefficient (Wildman–Crippen LogP) is 2.44. The molecule has 0 unspecified atom stereocenters. The lowest BCUT2D eigenvalue weighted by atomic mass is 10.0. The van der Waals surface area contributed by atoms with Crippen molar-refractivity contribution in [3.05, 3.63) is 30.3 Å². The van der Waals surface area contributed by atoms with Crippen LogP contribution in [0.4, 0.5) is 0 Å². The van der Waals surface area contributed by atoms with Gasteiger partial charge in [0, 0.05) is 42.4 Å². The van der Waals surface area contributed by atoms with Gasteiger partial charge in [-0.2, -0.15) is 0 Å². The minimum Gasteiger partial charge on any atom is -0.379 e. The second-order valence-corrected chi connectivity index (χ2v) is 7.86. The molecule has 2 rings (SSSR count). The first kappa shape index (κ1) is 20.1. The summed E-state index contributed by atoms with van der Waals surface area (Å²) in [5.41, 5.74) is 0.0465. The molecule has 1 aliphatic heterocycles. The highest BCUT2D eigenvalue weighted by atomic mass is 32.2. The quantitative estimate of drug-likeness (QED) is 0.321. The van der Waals surface area contributed by atoms with Gasteiger partial charge in [-0.25, -0.2) is 0 Å². The number of morpholine rings is 1. The van der Waals surface area contributed by atoms with E-state index in [1.54, 1.807) is 0 Å². The van der Waals surface area contributed by atoms with E-state index in [1.165, 1.54) is 4.90 Å². The summed E-state index contributed by atoms with van der Waals surface area (Å²) in [4.78, 5) is 8.58. The van der Waals surface area contributed by atoms with Crippen LogP contribution in [-0.4, -0.2) is 68.1 Å². The second-order valence-electron chi connectivity index (χ2n) is 6.70. The molecule has 1 heterocycles. The molecule has 1 aromatic rings. The third-order valence-corrected chi connectivity index (χ3v) is 5.26. The van der Waals surface area contributed by atoms with Gasteiger partial charge in [-0.15, -0.1) is 11.8 Å². The van der Waals surface area contributed by atoms with Crippen LogP contribution in [-0.2, 0) is 4.74 Å². The van der Waals surface area contributed by atoms with E-state index < -0.39 is 0 Å². The molecule has 0 saturated carbocycles. The van der Waals surface area contributed by atoms with E-state index in [0.717, 1.165) is 57.6 Å². The second kappa shape index (κ2) is 10.7. The smallest absolute Gasteiger partial charge is 0.191 e. The molecule has 0 amide bonds. The molecule has 0 spiro atoms. The van der Waals surface area contributed by atoms with Crippen LogP contribution in [0.2, 0.25) is 0 Å². The van der Waals surface area contributed by atoms with Crippen LogP contribution in [0, 0.1) is 0 Å². The standard InChI is InChI=1S/C19H32N4OS/c1-4-20-18(21-10-15-25-17-8-6-5-7-9-17)22-16-19(2,3)23-11-13-24-14-12-23/h5-9H,4,10-16H2,1-3H3,(H2,20,21,22). The Bertz CT molecular complexity index is 515. The molecule has 1 saturated heterocycles. The maximum Gasteiger partial charge on any atom is 0.191 e. The average Bonchev–Trinajstić information content (AvgIpc) is 2.65. The van der Waals surface area contributed by atoms with Crippen molar-refractivity contribution in [2.75, 3.05) is 51.7 Å². The fourth-order valence-electron chi connectivity index (χ4n) is 2.74. The highest BCUT2D eigenvalue weighted by molar-refractivity contribution is 7.99. The minimum absolute atomic E-state index is 0.0465. The Kier molecular flexibility index (Phi) is 8.58. The zero-order valence-electron chi connectivity index (χ0n) is 15.8. The number of benzene rings is 1. The Balaban J connectivity index is 1.78. The number of nitrogens with one attached hydrogen (secondary N) is 2. The predicted molar refractivity (Wildman–Crippen MR) is 108 cm³/mol. The number of hydrogen-bond donors (Lipinski definition) is 2. The molecule has 25 heavy (non-hydrogen) atoms. The lowest BCUT2D eigenvalue weighted by Crippen LogP contribution is -2.52. The lowest BCUT2D eigenvalue weighted by Gasteiger charge is -2.39. The van der Waals surface area contributed by atoms with Crippen molar-refractivity contribution in [1.82, 2.24) is 15.5 Å². The molecule has 0 bridgehead atoms. The average molecular weight is 365 g/mol. The molecule has 0 atom stereocenters. The molecule has 0 radical (unpaired) electrons. The van der Waals surface area contributed by atoms with Crippen molar-refractivity contribution in [2.24, 2.45) is 4.99 Å². The SMILES string of the molecule is CCNC(=NCC(C)(C)N1CCOCC1)NCCSc1ccccc1. The summed E-state index contributed by atoms with van der Waals surface area (Å²) in [5, 5.41) is 6.78. The lowest BCUT2D eigenvalue weighted by molar-refractivity contribution is -0.00683. The Morgan fingerprint density at radius 2 is 1.92 bits per heavy atom. The zero-order valence-corrected chi connectivity index (χ0v) is 16.6. The van der Waals surface area contributed by atoms with E-state index in [9.17, 15) is 0 Å². The van der Waals surface area contributed by atoms with E-state index in [-0.39, 0.29) is 5.54 Å². The Morgan fingerprint density at radius 3 is 2.60 bits per heavy atom. The summed E-state index contributed by atoms with van der Waals surface area (Å²) in [7, 11) is 0. The fraction of sp³-hybridized carbons (Fsp3) is 0.632. The number of aliphatic imine (C=N–C) groups is 1. The Labute approximate surface area is 156 Å². The Morgan fingerprint density at radius 1 is 1.20 bits per heavy atom. The first-order valence-electron chi connectivity index (χ1n) is 9.14. The fourth-order valence-corrected chi connectivity index (χ4v) is 3.53. The molecule has 0 aliphatic carbocycles. The zero-order chi connectivity index (χ0) is 18.0. The van der Waals surface area contributed by atoms with Crippen molar-refractivity contribution in [1.29, 1.82) is 0 Å². The monoisotopic (exact) mass is 364 g/mol. The molecular formula is C19H32N4OS. The summed E-state index contributed by atoms with van der Waals surface area (Å²) >= 11 is 1.86. The number of hydrogen-bond acceptors (Lipinski definition) is 4. The summed E-state index contributed by atoms with van der Waals surface area (Å²) in [5.74, 6) is 1.92. The van der Waals surface area contributed by atoms with Crippen LogP contribution in [0.1, 0.15) is 20.8 Å². The van der Waals surface area contributed by atoms with Crippen molar-refractivity contribution in [3.63, 3.8) is 0 Å². The molecule has 2 N–H and O–H groups in total. The summed E-state index contributed by atoms with van der Waals surface area (Å²) in [6, 6.07) is 10.5. The minimum atomic E-state index is 0.0465. The third-order valence-electron chi connectivity index (χ3n) is 4.24. The van der Waals surface area contributed by atoms with Gasteiger partial charge in [0.25, 0.3) is 0 Å². The van der Waals surface area contributed by atoms with Gasteiger partial charge in [0.1, 0.15) is 0 Å².